The summed E-state index contributed by atoms with van der Waals surface area (Å²) in [6, 6.07) is 5.76. The lowest BCUT2D eigenvalue weighted by Gasteiger charge is -2.04. The molecule has 0 aromatic carbocycles. The standard InChI is InChI=1S/C10H13N5/c11-9-7-14-15(8-9)6-5-13-10-3-1-2-4-12-10/h1-4,7-8H,5-6,11H2,(H,12,13). The van der Waals surface area contributed by atoms with E-state index < -0.39 is 0 Å². The highest BCUT2D eigenvalue weighted by Gasteiger charge is 1.94. The van der Waals surface area contributed by atoms with E-state index in [0.29, 0.717) is 5.69 Å². The van der Waals surface area contributed by atoms with Gasteiger partial charge in [0.05, 0.1) is 18.4 Å². The Morgan fingerprint density at radius 3 is 3.00 bits per heavy atom. The van der Waals surface area contributed by atoms with Crippen molar-refractivity contribution in [3.05, 3.63) is 36.8 Å². The summed E-state index contributed by atoms with van der Waals surface area (Å²) in [5, 5.41) is 7.27. The Labute approximate surface area is 87.9 Å². The Kier molecular flexibility index (Phi) is 2.82. The van der Waals surface area contributed by atoms with Crippen LogP contribution >= 0.6 is 0 Å². The van der Waals surface area contributed by atoms with Crippen LogP contribution < -0.4 is 11.1 Å². The van der Waals surface area contributed by atoms with Crippen LogP contribution in [0.1, 0.15) is 0 Å². The number of hydrogen-bond acceptors (Lipinski definition) is 4. The molecule has 15 heavy (non-hydrogen) atoms. The Morgan fingerprint density at radius 2 is 2.33 bits per heavy atom. The topological polar surface area (TPSA) is 68.8 Å². The molecule has 2 rings (SSSR count). The fourth-order valence-electron chi connectivity index (χ4n) is 1.27. The van der Waals surface area contributed by atoms with Crippen LogP contribution in [0.5, 0.6) is 0 Å². The molecule has 0 saturated heterocycles. The van der Waals surface area contributed by atoms with Gasteiger partial charge in [-0.3, -0.25) is 4.68 Å². The minimum absolute atomic E-state index is 0.688. The van der Waals surface area contributed by atoms with Gasteiger partial charge in [0.15, 0.2) is 0 Å². The lowest BCUT2D eigenvalue weighted by atomic mass is 10.4. The number of anilines is 2. The normalized spacial score (nSPS) is 10.1. The van der Waals surface area contributed by atoms with Gasteiger partial charge in [-0.2, -0.15) is 5.10 Å². The maximum atomic E-state index is 5.55. The van der Waals surface area contributed by atoms with E-state index in [1.165, 1.54) is 0 Å². The first kappa shape index (κ1) is 9.51. The largest absolute Gasteiger partial charge is 0.396 e. The molecule has 0 bridgehead atoms. The zero-order valence-corrected chi connectivity index (χ0v) is 8.30. The number of rotatable bonds is 4. The van der Waals surface area contributed by atoms with Crippen molar-refractivity contribution in [1.82, 2.24) is 14.8 Å². The van der Waals surface area contributed by atoms with E-state index in [9.17, 15) is 0 Å². The van der Waals surface area contributed by atoms with Crippen LogP contribution in [0.3, 0.4) is 0 Å². The summed E-state index contributed by atoms with van der Waals surface area (Å²) in [5.41, 5.74) is 6.23. The van der Waals surface area contributed by atoms with Crippen LogP contribution in [0.4, 0.5) is 11.5 Å². The minimum atomic E-state index is 0.688. The number of nitrogens with one attached hydrogen (secondary N) is 1. The van der Waals surface area contributed by atoms with Crippen molar-refractivity contribution in [1.29, 1.82) is 0 Å². The van der Waals surface area contributed by atoms with Crippen molar-refractivity contribution in [3.8, 4) is 0 Å². The van der Waals surface area contributed by atoms with E-state index in [2.05, 4.69) is 15.4 Å². The van der Waals surface area contributed by atoms with Gasteiger partial charge in [0.2, 0.25) is 0 Å². The second-order valence-electron chi connectivity index (χ2n) is 3.18. The third-order valence-electron chi connectivity index (χ3n) is 1.97. The van der Waals surface area contributed by atoms with Crippen molar-refractivity contribution in [2.24, 2.45) is 0 Å². The molecule has 5 nitrogen and oxygen atoms in total. The van der Waals surface area contributed by atoms with Crippen molar-refractivity contribution in [3.63, 3.8) is 0 Å². The highest BCUT2D eigenvalue weighted by molar-refractivity contribution is 5.33. The average molecular weight is 203 g/mol. The average Bonchev–Trinajstić information content (AvgIpc) is 2.66. The number of pyridine rings is 1. The quantitative estimate of drug-likeness (QED) is 0.777. The van der Waals surface area contributed by atoms with E-state index in [-0.39, 0.29) is 0 Å². The minimum Gasteiger partial charge on any atom is -0.396 e. The van der Waals surface area contributed by atoms with E-state index in [4.69, 9.17) is 5.73 Å². The van der Waals surface area contributed by atoms with Crippen LogP contribution in [0.2, 0.25) is 0 Å². The summed E-state index contributed by atoms with van der Waals surface area (Å²) in [6.45, 7) is 1.55. The van der Waals surface area contributed by atoms with Crippen molar-refractivity contribution in [2.75, 3.05) is 17.6 Å². The Bertz CT molecular complexity index is 409. The maximum absolute atomic E-state index is 5.55. The fraction of sp³-hybridized carbons (Fsp3) is 0.200. The molecule has 0 amide bonds. The molecule has 0 aliphatic rings. The Hall–Kier alpha value is -2.04. The summed E-state index contributed by atoms with van der Waals surface area (Å²) in [5.74, 6) is 0.873. The molecular formula is C10H13N5. The van der Waals surface area contributed by atoms with E-state index in [1.54, 1.807) is 23.3 Å². The number of nitrogens with two attached hydrogens (primary N) is 1. The Morgan fingerprint density at radius 1 is 1.40 bits per heavy atom. The van der Waals surface area contributed by atoms with Crippen LogP contribution in [-0.4, -0.2) is 21.3 Å². The molecule has 0 radical (unpaired) electrons. The molecular weight excluding hydrogens is 190 g/mol. The van der Waals surface area contributed by atoms with Gasteiger partial charge in [-0.1, -0.05) is 6.07 Å². The molecule has 0 aliphatic carbocycles. The molecule has 0 aliphatic heterocycles. The predicted octanol–water partition coefficient (Wildman–Crippen LogP) is 0.972. The summed E-state index contributed by atoms with van der Waals surface area (Å²) in [6.07, 6.45) is 5.20. The zero-order valence-electron chi connectivity index (χ0n) is 8.30. The third-order valence-corrected chi connectivity index (χ3v) is 1.97. The smallest absolute Gasteiger partial charge is 0.125 e. The van der Waals surface area contributed by atoms with Crippen LogP contribution in [-0.2, 0) is 6.54 Å². The van der Waals surface area contributed by atoms with Gasteiger partial charge in [-0.25, -0.2) is 4.98 Å². The number of aromatic nitrogens is 3. The molecule has 3 N–H and O–H groups in total. The molecule has 2 aromatic heterocycles. The summed E-state index contributed by atoms with van der Waals surface area (Å²) >= 11 is 0. The molecule has 0 fully saturated rings. The number of nitrogen functional groups attached to an aromatic ring is 1. The molecule has 0 spiro atoms. The molecule has 2 aromatic rings. The highest BCUT2D eigenvalue weighted by atomic mass is 15.3. The van der Waals surface area contributed by atoms with Gasteiger partial charge >= 0.3 is 0 Å². The fourth-order valence-corrected chi connectivity index (χ4v) is 1.27. The van der Waals surface area contributed by atoms with Crippen LogP contribution in [0.25, 0.3) is 0 Å². The predicted molar refractivity (Wildman–Crippen MR) is 59.4 cm³/mol. The van der Waals surface area contributed by atoms with Crippen molar-refractivity contribution in [2.45, 2.75) is 6.54 Å². The van der Waals surface area contributed by atoms with Gasteiger partial charge in [-0.15, -0.1) is 0 Å². The lowest BCUT2D eigenvalue weighted by molar-refractivity contribution is 0.637. The van der Waals surface area contributed by atoms with Crippen molar-refractivity contribution < 1.29 is 0 Å². The molecule has 78 valence electrons. The molecule has 0 atom stereocenters. The van der Waals surface area contributed by atoms with Crippen LogP contribution in [0.15, 0.2) is 36.8 Å². The molecule has 0 saturated carbocycles. The number of hydrogen-bond donors (Lipinski definition) is 2. The van der Waals surface area contributed by atoms with E-state index >= 15 is 0 Å². The third kappa shape index (κ3) is 2.70. The van der Waals surface area contributed by atoms with E-state index in [1.807, 2.05) is 18.2 Å². The molecule has 0 unspecified atom stereocenters. The lowest BCUT2D eigenvalue weighted by Crippen LogP contribution is -2.11. The first-order valence-electron chi connectivity index (χ1n) is 4.77. The second kappa shape index (κ2) is 4.45. The Balaban J connectivity index is 1.80. The van der Waals surface area contributed by atoms with Gasteiger partial charge in [-0.05, 0) is 12.1 Å². The zero-order chi connectivity index (χ0) is 10.5. The first-order chi connectivity index (χ1) is 7.34. The first-order valence-corrected chi connectivity index (χ1v) is 4.77. The van der Waals surface area contributed by atoms with Gasteiger partial charge < -0.3 is 11.1 Å². The van der Waals surface area contributed by atoms with Crippen molar-refractivity contribution >= 4 is 11.5 Å². The monoisotopic (exact) mass is 203 g/mol. The number of nitrogens with zero attached hydrogens (tertiary/aromatic N) is 3. The molecule has 5 heteroatoms. The maximum Gasteiger partial charge on any atom is 0.125 e. The van der Waals surface area contributed by atoms with E-state index in [0.717, 1.165) is 18.9 Å². The van der Waals surface area contributed by atoms with Gasteiger partial charge in [0.1, 0.15) is 5.82 Å². The molecule has 2 heterocycles. The SMILES string of the molecule is Nc1cnn(CCNc2ccccn2)c1. The van der Waals surface area contributed by atoms with Crippen LogP contribution in [0, 0.1) is 0 Å². The van der Waals surface area contributed by atoms with Gasteiger partial charge in [0.25, 0.3) is 0 Å². The van der Waals surface area contributed by atoms with Gasteiger partial charge in [0, 0.05) is 18.9 Å². The second-order valence-corrected chi connectivity index (χ2v) is 3.18. The summed E-state index contributed by atoms with van der Waals surface area (Å²) in [7, 11) is 0. The summed E-state index contributed by atoms with van der Waals surface area (Å²) in [4.78, 5) is 4.15. The highest BCUT2D eigenvalue weighted by Crippen LogP contribution is 2.00. The summed E-state index contributed by atoms with van der Waals surface area (Å²) < 4.78 is 1.80.